The van der Waals surface area contributed by atoms with Crippen LogP contribution in [-0.4, -0.2) is 59.7 Å². The Labute approximate surface area is 193 Å². The molecule has 0 bridgehead atoms. The van der Waals surface area contributed by atoms with Crippen molar-refractivity contribution in [1.29, 1.82) is 0 Å². The molecule has 10 heteroatoms. The lowest BCUT2D eigenvalue weighted by molar-refractivity contribution is -0.131. The van der Waals surface area contributed by atoms with E-state index in [9.17, 15) is 13.2 Å². The molecule has 0 saturated carbocycles. The molecule has 2 heterocycles. The molecule has 9 nitrogen and oxygen atoms in total. The van der Waals surface area contributed by atoms with Crippen LogP contribution in [0.2, 0.25) is 0 Å². The van der Waals surface area contributed by atoms with E-state index in [4.69, 9.17) is 18.9 Å². The maximum absolute atomic E-state index is 12.9. The van der Waals surface area contributed by atoms with Crippen LogP contribution >= 0.6 is 0 Å². The highest BCUT2D eigenvalue weighted by Gasteiger charge is 2.31. The number of hydrogen-bond acceptors (Lipinski definition) is 7. The summed E-state index contributed by atoms with van der Waals surface area (Å²) >= 11 is 0. The van der Waals surface area contributed by atoms with Gasteiger partial charge in [-0.15, -0.1) is 0 Å². The number of carbonyl (C=O) groups is 1. The molecule has 2 aromatic rings. The van der Waals surface area contributed by atoms with Crippen molar-refractivity contribution in [3.05, 3.63) is 42.0 Å². The van der Waals surface area contributed by atoms with Crippen LogP contribution in [0.3, 0.4) is 0 Å². The molecule has 0 spiro atoms. The van der Waals surface area contributed by atoms with Crippen LogP contribution in [0.15, 0.2) is 41.3 Å². The third-order valence-corrected chi connectivity index (χ3v) is 7.28. The van der Waals surface area contributed by atoms with Crippen molar-refractivity contribution in [2.75, 3.05) is 40.5 Å². The van der Waals surface area contributed by atoms with Crippen LogP contribution in [-0.2, 0) is 14.8 Å². The molecule has 178 valence electrons. The van der Waals surface area contributed by atoms with E-state index in [-0.39, 0.29) is 29.8 Å². The first-order valence-electron chi connectivity index (χ1n) is 10.8. The zero-order chi connectivity index (χ0) is 23.4. The topological polar surface area (TPSA) is 103 Å². The standard InChI is InChI=1S/C23H28N2O7S/c1-29-19-8-6-17(15-21(19)30-2)33(27,28)24-10-9-23(26)25-11-3-4-18(25)16-5-7-20-22(14-16)32-13-12-31-20/h5-8,14-15,18,24H,3-4,9-13H2,1-2H3. The van der Waals surface area contributed by atoms with Gasteiger partial charge in [-0.2, -0.15) is 0 Å². The molecular weight excluding hydrogens is 448 g/mol. The molecule has 1 atom stereocenters. The van der Waals surface area contributed by atoms with Gasteiger partial charge in [-0.3, -0.25) is 4.79 Å². The fourth-order valence-electron chi connectivity index (χ4n) is 4.18. The van der Waals surface area contributed by atoms with Crippen LogP contribution in [0.1, 0.15) is 30.9 Å². The summed E-state index contributed by atoms with van der Waals surface area (Å²) in [5.41, 5.74) is 0.996. The van der Waals surface area contributed by atoms with Gasteiger partial charge < -0.3 is 23.8 Å². The van der Waals surface area contributed by atoms with Crippen molar-refractivity contribution in [2.45, 2.75) is 30.2 Å². The predicted octanol–water partition coefficient (Wildman–Crippen LogP) is 2.51. The number of sulfonamides is 1. The van der Waals surface area contributed by atoms with E-state index in [1.807, 2.05) is 23.1 Å². The minimum Gasteiger partial charge on any atom is -0.493 e. The predicted molar refractivity (Wildman–Crippen MR) is 120 cm³/mol. The third kappa shape index (κ3) is 5.01. The highest BCUT2D eigenvalue weighted by atomic mass is 32.2. The van der Waals surface area contributed by atoms with E-state index in [1.54, 1.807) is 0 Å². The molecule has 0 radical (unpaired) electrons. The SMILES string of the molecule is COc1ccc(S(=O)(=O)NCCC(=O)N2CCCC2c2ccc3c(c2)OCCO3)cc1OC. The van der Waals surface area contributed by atoms with Gasteiger partial charge in [0.1, 0.15) is 13.2 Å². The molecule has 0 aliphatic carbocycles. The number of nitrogens with zero attached hydrogens (tertiary/aromatic N) is 1. The summed E-state index contributed by atoms with van der Waals surface area (Å²) < 4.78 is 49.4. The second-order valence-electron chi connectivity index (χ2n) is 7.81. The molecule has 1 unspecified atom stereocenters. The fraction of sp³-hybridized carbons (Fsp3) is 0.435. The number of nitrogens with one attached hydrogen (secondary N) is 1. The van der Waals surface area contributed by atoms with E-state index in [1.165, 1.54) is 32.4 Å². The number of ether oxygens (including phenoxy) is 4. The van der Waals surface area contributed by atoms with E-state index in [0.29, 0.717) is 42.8 Å². The number of benzene rings is 2. The molecule has 0 aromatic heterocycles. The number of hydrogen-bond donors (Lipinski definition) is 1. The van der Waals surface area contributed by atoms with Gasteiger partial charge in [-0.1, -0.05) is 6.07 Å². The highest BCUT2D eigenvalue weighted by Crippen LogP contribution is 2.38. The van der Waals surface area contributed by atoms with Crippen molar-refractivity contribution in [3.8, 4) is 23.0 Å². The Kier molecular flexibility index (Phi) is 6.94. The number of methoxy groups -OCH3 is 2. The average Bonchev–Trinajstić information content (AvgIpc) is 3.33. The van der Waals surface area contributed by atoms with Crippen molar-refractivity contribution in [3.63, 3.8) is 0 Å². The molecular formula is C23H28N2O7S. The second-order valence-corrected chi connectivity index (χ2v) is 9.58. The number of likely N-dealkylation sites (tertiary alicyclic amines) is 1. The van der Waals surface area contributed by atoms with Crippen molar-refractivity contribution in [2.24, 2.45) is 0 Å². The number of carbonyl (C=O) groups excluding carboxylic acids is 1. The molecule has 4 rings (SSSR count). The summed E-state index contributed by atoms with van der Waals surface area (Å²) in [5, 5.41) is 0. The largest absolute Gasteiger partial charge is 0.493 e. The van der Waals surface area contributed by atoms with Crippen molar-refractivity contribution >= 4 is 15.9 Å². The summed E-state index contributed by atoms with van der Waals surface area (Å²) in [5.74, 6) is 2.07. The number of rotatable bonds is 8. The Hall–Kier alpha value is -2.98. The first-order valence-corrected chi connectivity index (χ1v) is 12.3. The minimum absolute atomic E-state index is 0.000129. The van der Waals surface area contributed by atoms with Gasteiger partial charge in [-0.25, -0.2) is 13.1 Å². The van der Waals surface area contributed by atoms with Gasteiger partial charge in [0.05, 0.1) is 25.2 Å². The van der Waals surface area contributed by atoms with Gasteiger partial charge in [0.2, 0.25) is 15.9 Å². The molecule has 1 fully saturated rings. The van der Waals surface area contributed by atoms with E-state index < -0.39 is 10.0 Å². The molecule has 2 aromatic carbocycles. The van der Waals surface area contributed by atoms with Crippen molar-refractivity contribution < 1.29 is 32.2 Å². The normalized spacial score (nSPS) is 17.6. The lowest BCUT2D eigenvalue weighted by atomic mass is 10.0. The zero-order valence-corrected chi connectivity index (χ0v) is 19.5. The number of amides is 1. The quantitative estimate of drug-likeness (QED) is 0.624. The molecule has 1 saturated heterocycles. The summed E-state index contributed by atoms with van der Waals surface area (Å²) in [6, 6.07) is 10.1. The maximum atomic E-state index is 12.9. The van der Waals surface area contributed by atoms with Gasteiger partial charge in [0, 0.05) is 25.6 Å². The monoisotopic (exact) mass is 476 g/mol. The second kappa shape index (κ2) is 9.88. The Balaban J connectivity index is 1.38. The van der Waals surface area contributed by atoms with Gasteiger partial charge in [-0.05, 0) is 42.7 Å². The van der Waals surface area contributed by atoms with Crippen LogP contribution in [0.25, 0.3) is 0 Å². The van der Waals surface area contributed by atoms with E-state index in [2.05, 4.69) is 4.72 Å². The Morgan fingerprint density at radius 3 is 2.58 bits per heavy atom. The number of fused-ring (bicyclic) bond motifs is 1. The summed E-state index contributed by atoms with van der Waals surface area (Å²) in [4.78, 5) is 14.8. The molecule has 1 amide bonds. The highest BCUT2D eigenvalue weighted by molar-refractivity contribution is 7.89. The lowest BCUT2D eigenvalue weighted by Gasteiger charge is -2.27. The smallest absolute Gasteiger partial charge is 0.240 e. The summed E-state index contributed by atoms with van der Waals surface area (Å²) in [7, 11) is -0.882. The summed E-state index contributed by atoms with van der Waals surface area (Å²) in [6.45, 7) is 1.67. The van der Waals surface area contributed by atoms with Gasteiger partial charge >= 0.3 is 0 Å². The van der Waals surface area contributed by atoms with Crippen molar-refractivity contribution in [1.82, 2.24) is 9.62 Å². The zero-order valence-electron chi connectivity index (χ0n) is 18.7. The Morgan fingerprint density at radius 2 is 1.82 bits per heavy atom. The maximum Gasteiger partial charge on any atom is 0.240 e. The molecule has 1 N–H and O–H groups in total. The van der Waals surface area contributed by atoms with Crippen LogP contribution in [0.5, 0.6) is 23.0 Å². The first-order chi connectivity index (χ1) is 15.9. The van der Waals surface area contributed by atoms with Gasteiger partial charge in [0.15, 0.2) is 23.0 Å². The lowest BCUT2D eigenvalue weighted by Crippen LogP contribution is -2.34. The fourth-order valence-corrected chi connectivity index (χ4v) is 5.23. The summed E-state index contributed by atoms with van der Waals surface area (Å²) in [6.07, 6.45) is 1.80. The average molecular weight is 477 g/mol. The van der Waals surface area contributed by atoms with E-state index >= 15 is 0 Å². The molecule has 2 aliphatic rings. The van der Waals surface area contributed by atoms with Crippen LogP contribution in [0.4, 0.5) is 0 Å². The first kappa shape index (κ1) is 23.2. The Morgan fingerprint density at radius 1 is 1.06 bits per heavy atom. The minimum atomic E-state index is -3.80. The third-order valence-electron chi connectivity index (χ3n) is 5.82. The van der Waals surface area contributed by atoms with Crippen LogP contribution < -0.4 is 23.7 Å². The molecule has 33 heavy (non-hydrogen) atoms. The van der Waals surface area contributed by atoms with Gasteiger partial charge in [0.25, 0.3) is 0 Å². The van der Waals surface area contributed by atoms with E-state index in [0.717, 1.165) is 18.4 Å². The van der Waals surface area contributed by atoms with Crippen LogP contribution in [0, 0.1) is 0 Å². The molecule has 2 aliphatic heterocycles. The Bertz CT molecular complexity index is 1120.